The SMILES string of the molecule is Cc1ccccc1N=C(NC#N)N1CCN(S(=O)(=O)c2cccc(Cl)c2C)C(c2ccccc2)C1. The van der Waals surface area contributed by atoms with Gasteiger partial charge in [0.25, 0.3) is 0 Å². The number of piperazine rings is 1. The number of hydrogen-bond donors (Lipinski definition) is 1. The molecule has 3 aromatic carbocycles. The molecule has 1 unspecified atom stereocenters. The molecule has 1 N–H and O–H groups in total. The third-order valence-corrected chi connectivity index (χ3v) is 8.59. The highest BCUT2D eigenvalue weighted by Crippen LogP contribution is 2.34. The summed E-state index contributed by atoms with van der Waals surface area (Å²) < 4.78 is 29.2. The lowest BCUT2D eigenvalue weighted by Gasteiger charge is -2.41. The Bertz CT molecular complexity index is 1390. The van der Waals surface area contributed by atoms with Gasteiger partial charge in [0.1, 0.15) is 0 Å². The maximum Gasteiger partial charge on any atom is 0.244 e. The van der Waals surface area contributed by atoms with Crippen molar-refractivity contribution in [2.24, 2.45) is 4.99 Å². The van der Waals surface area contributed by atoms with E-state index in [0.29, 0.717) is 29.6 Å². The van der Waals surface area contributed by atoms with Crippen molar-refractivity contribution >= 4 is 33.3 Å². The number of sulfonamides is 1. The summed E-state index contributed by atoms with van der Waals surface area (Å²) in [7, 11) is -3.84. The number of aliphatic imine (C=N–C) groups is 1. The Labute approximate surface area is 211 Å². The number of nitrogens with one attached hydrogen (secondary N) is 1. The molecule has 0 bridgehead atoms. The second-order valence-electron chi connectivity index (χ2n) is 8.31. The molecule has 0 spiro atoms. The van der Waals surface area contributed by atoms with Crippen LogP contribution in [0, 0.1) is 25.3 Å². The number of rotatable bonds is 4. The van der Waals surface area contributed by atoms with Gasteiger partial charge in [0.2, 0.25) is 16.0 Å². The molecule has 0 saturated carbocycles. The van der Waals surface area contributed by atoms with E-state index >= 15 is 0 Å². The molecule has 7 nitrogen and oxygen atoms in total. The Morgan fingerprint density at radius 3 is 2.46 bits per heavy atom. The fraction of sp³-hybridized carbons (Fsp3) is 0.231. The number of hydrogen-bond acceptors (Lipinski definition) is 4. The summed E-state index contributed by atoms with van der Waals surface area (Å²) in [6.45, 7) is 4.57. The van der Waals surface area contributed by atoms with Crippen LogP contribution in [0.25, 0.3) is 0 Å². The topological polar surface area (TPSA) is 88.8 Å². The maximum absolute atomic E-state index is 13.8. The Morgan fingerprint density at radius 2 is 1.74 bits per heavy atom. The highest BCUT2D eigenvalue weighted by Gasteiger charge is 2.38. The van der Waals surface area contributed by atoms with Crippen LogP contribution in [0.5, 0.6) is 0 Å². The Kier molecular flexibility index (Phi) is 7.41. The summed E-state index contributed by atoms with van der Waals surface area (Å²) in [4.78, 5) is 6.81. The van der Waals surface area contributed by atoms with Gasteiger partial charge in [-0.1, -0.05) is 66.2 Å². The van der Waals surface area contributed by atoms with E-state index in [4.69, 9.17) is 16.6 Å². The van der Waals surface area contributed by atoms with E-state index in [2.05, 4.69) is 5.32 Å². The average Bonchev–Trinajstić information content (AvgIpc) is 2.86. The molecule has 9 heteroatoms. The van der Waals surface area contributed by atoms with Gasteiger partial charge in [-0.15, -0.1) is 0 Å². The highest BCUT2D eigenvalue weighted by molar-refractivity contribution is 7.89. The first-order valence-electron chi connectivity index (χ1n) is 11.2. The number of guanidine groups is 1. The largest absolute Gasteiger partial charge is 0.339 e. The fourth-order valence-electron chi connectivity index (χ4n) is 4.22. The van der Waals surface area contributed by atoms with E-state index in [1.54, 1.807) is 25.1 Å². The molecule has 3 aromatic rings. The van der Waals surface area contributed by atoms with Crippen LogP contribution in [-0.2, 0) is 10.0 Å². The van der Waals surface area contributed by atoms with Crippen LogP contribution in [0.2, 0.25) is 5.02 Å². The summed E-state index contributed by atoms with van der Waals surface area (Å²) in [6.07, 6.45) is 1.97. The predicted molar refractivity (Wildman–Crippen MR) is 138 cm³/mol. The molecule has 1 atom stereocenters. The van der Waals surface area contributed by atoms with E-state index in [-0.39, 0.29) is 11.4 Å². The number of aryl methyl sites for hydroxylation is 1. The lowest BCUT2D eigenvalue weighted by Crippen LogP contribution is -2.54. The molecule has 1 heterocycles. The van der Waals surface area contributed by atoms with Gasteiger partial charge >= 0.3 is 0 Å². The van der Waals surface area contributed by atoms with Crippen molar-refractivity contribution in [3.63, 3.8) is 0 Å². The van der Waals surface area contributed by atoms with Crippen LogP contribution in [-0.4, -0.2) is 43.2 Å². The molecule has 180 valence electrons. The van der Waals surface area contributed by atoms with Crippen molar-refractivity contribution in [1.29, 1.82) is 5.26 Å². The molecule has 1 fully saturated rings. The normalized spacial score (nSPS) is 17.1. The molecule has 35 heavy (non-hydrogen) atoms. The highest BCUT2D eigenvalue weighted by atomic mass is 35.5. The van der Waals surface area contributed by atoms with E-state index in [1.807, 2.05) is 72.6 Å². The Hall–Kier alpha value is -3.38. The van der Waals surface area contributed by atoms with Gasteiger partial charge in [-0.05, 0) is 48.7 Å². The zero-order chi connectivity index (χ0) is 25.0. The molecule has 0 radical (unpaired) electrons. The molecule has 1 aliphatic heterocycles. The van der Waals surface area contributed by atoms with Crippen molar-refractivity contribution in [1.82, 2.24) is 14.5 Å². The number of para-hydroxylation sites is 1. The average molecular weight is 508 g/mol. The van der Waals surface area contributed by atoms with Crippen molar-refractivity contribution in [2.75, 3.05) is 19.6 Å². The van der Waals surface area contributed by atoms with Crippen LogP contribution in [0.15, 0.2) is 82.7 Å². The van der Waals surface area contributed by atoms with Crippen LogP contribution in [0.3, 0.4) is 0 Å². The van der Waals surface area contributed by atoms with Gasteiger partial charge in [-0.3, -0.25) is 5.32 Å². The first-order valence-corrected chi connectivity index (χ1v) is 13.0. The van der Waals surface area contributed by atoms with Crippen LogP contribution >= 0.6 is 11.6 Å². The monoisotopic (exact) mass is 507 g/mol. The van der Waals surface area contributed by atoms with E-state index < -0.39 is 16.1 Å². The number of nitriles is 1. The van der Waals surface area contributed by atoms with E-state index in [0.717, 1.165) is 16.8 Å². The van der Waals surface area contributed by atoms with Crippen LogP contribution in [0.1, 0.15) is 22.7 Å². The molecule has 0 amide bonds. The van der Waals surface area contributed by atoms with E-state index in [9.17, 15) is 13.7 Å². The van der Waals surface area contributed by atoms with Gasteiger partial charge in [0.05, 0.1) is 16.6 Å². The lowest BCUT2D eigenvalue weighted by molar-refractivity contribution is 0.192. The lowest BCUT2D eigenvalue weighted by atomic mass is 10.0. The zero-order valence-electron chi connectivity index (χ0n) is 19.5. The second-order valence-corrected chi connectivity index (χ2v) is 10.6. The van der Waals surface area contributed by atoms with Gasteiger partial charge < -0.3 is 4.90 Å². The van der Waals surface area contributed by atoms with Crippen molar-refractivity contribution in [2.45, 2.75) is 24.8 Å². The van der Waals surface area contributed by atoms with Gasteiger partial charge in [-0.25, -0.2) is 13.4 Å². The molecule has 0 aliphatic carbocycles. The quantitative estimate of drug-likeness (QED) is 0.238. The molecule has 0 aromatic heterocycles. The van der Waals surface area contributed by atoms with Gasteiger partial charge in [0, 0.05) is 24.7 Å². The predicted octanol–water partition coefficient (Wildman–Crippen LogP) is 4.76. The fourth-order valence-corrected chi connectivity index (χ4v) is 6.29. The minimum absolute atomic E-state index is 0.198. The summed E-state index contributed by atoms with van der Waals surface area (Å²) in [6, 6.07) is 21.6. The smallest absolute Gasteiger partial charge is 0.244 e. The van der Waals surface area contributed by atoms with Crippen molar-refractivity contribution < 1.29 is 8.42 Å². The summed E-state index contributed by atoms with van der Waals surface area (Å²) >= 11 is 6.26. The Morgan fingerprint density at radius 1 is 1.03 bits per heavy atom. The zero-order valence-corrected chi connectivity index (χ0v) is 21.1. The Balaban J connectivity index is 1.74. The first-order chi connectivity index (χ1) is 16.8. The molecule has 4 rings (SSSR count). The van der Waals surface area contributed by atoms with Crippen molar-refractivity contribution in [3.8, 4) is 6.19 Å². The number of benzene rings is 3. The molecule has 1 saturated heterocycles. The molecule has 1 aliphatic rings. The van der Waals surface area contributed by atoms with Gasteiger partial charge in [0.15, 0.2) is 6.19 Å². The third-order valence-electron chi connectivity index (χ3n) is 6.13. The summed E-state index contributed by atoms with van der Waals surface area (Å²) in [5.41, 5.74) is 3.09. The minimum atomic E-state index is -3.84. The maximum atomic E-state index is 13.8. The van der Waals surface area contributed by atoms with Crippen molar-refractivity contribution in [3.05, 3.63) is 94.5 Å². The standard InChI is InChI=1S/C26H26ClN5O2S/c1-19-9-6-7-13-23(19)30-26(29-18-28)31-15-16-32(24(17-31)21-10-4-3-5-11-21)35(33,34)25-14-8-12-22(27)20(25)2/h3-14,24H,15-17H2,1-2H3,(H,29,30). The summed E-state index contributed by atoms with van der Waals surface area (Å²) in [5.74, 6) is 0.388. The third kappa shape index (κ3) is 5.17. The minimum Gasteiger partial charge on any atom is -0.339 e. The first kappa shape index (κ1) is 24.7. The number of nitrogens with zero attached hydrogens (tertiary/aromatic N) is 4. The molecular formula is C26H26ClN5O2S. The second kappa shape index (κ2) is 10.5. The molecular weight excluding hydrogens is 482 g/mol. The summed E-state index contributed by atoms with van der Waals surface area (Å²) in [5, 5.41) is 12.5. The van der Waals surface area contributed by atoms with Gasteiger partial charge in [-0.2, -0.15) is 9.57 Å². The van der Waals surface area contributed by atoms with Crippen LogP contribution in [0.4, 0.5) is 5.69 Å². The number of halogens is 1. The van der Waals surface area contributed by atoms with E-state index in [1.165, 1.54) is 4.31 Å². The van der Waals surface area contributed by atoms with Crippen LogP contribution < -0.4 is 5.32 Å².